The van der Waals surface area contributed by atoms with Gasteiger partial charge in [-0.3, -0.25) is 29.0 Å². The van der Waals surface area contributed by atoms with Gasteiger partial charge >= 0.3 is 0 Å². The van der Waals surface area contributed by atoms with Crippen molar-refractivity contribution in [3.8, 4) is 6.07 Å². The summed E-state index contributed by atoms with van der Waals surface area (Å²) < 4.78 is 14.0. The summed E-state index contributed by atoms with van der Waals surface area (Å²) in [6.45, 7) is 3.62. The van der Waals surface area contributed by atoms with E-state index in [0.717, 1.165) is 9.80 Å². The van der Waals surface area contributed by atoms with Gasteiger partial charge in [-0.2, -0.15) is 5.26 Å². The maximum Gasteiger partial charge on any atom is 0.261 e. The molecule has 0 saturated carbocycles. The molecular weight excluding hydrogens is 495 g/mol. The molecule has 0 N–H and O–H groups in total. The summed E-state index contributed by atoms with van der Waals surface area (Å²) in [6, 6.07) is 15.1. The molecule has 2 aliphatic rings. The van der Waals surface area contributed by atoms with Crippen LogP contribution in [0.4, 0.5) is 0 Å². The molecule has 0 saturated heterocycles. The van der Waals surface area contributed by atoms with E-state index in [1.54, 1.807) is 55.6 Å². The molecule has 0 spiro atoms. The topological polar surface area (TPSA) is 120 Å². The van der Waals surface area contributed by atoms with Crippen LogP contribution in [0, 0.1) is 11.3 Å². The monoisotopic (exact) mass is 522 g/mol. The Kier molecular flexibility index (Phi) is 8.10. The highest BCUT2D eigenvalue weighted by Gasteiger charge is 2.41. The molecule has 2 aliphatic heterocycles. The molecular formula is C26H27N4O6P. The van der Waals surface area contributed by atoms with Gasteiger partial charge in [-0.1, -0.05) is 24.3 Å². The first-order valence-electron chi connectivity index (χ1n) is 11.8. The molecule has 37 heavy (non-hydrogen) atoms. The number of hydrogen-bond acceptors (Lipinski definition) is 8. The number of benzene rings is 2. The summed E-state index contributed by atoms with van der Waals surface area (Å²) in [6.07, 6.45) is -0.783. The highest BCUT2D eigenvalue weighted by Crippen LogP contribution is 2.45. The Morgan fingerprint density at radius 3 is 1.59 bits per heavy atom. The Hall–Kier alpha value is -3.48. The average molecular weight is 522 g/mol. The third-order valence-corrected chi connectivity index (χ3v) is 8.05. The molecule has 4 rings (SSSR count). The van der Waals surface area contributed by atoms with Crippen LogP contribution in [-0.2, 0) is 9.05 Å². The zero-order valence-electron chi connectivity index (χ0n) is 20.8. The second-order valence-electron chi connectivity index (χ2n) is 8.91. The van der Waals surface area contributed by atoms with Gasteiger partial charge in [0, 0.05) is 6.04 Å². The first-order valence-corrected chi connectivity index (χ1v) is 13.0. The molecule has 192 valence electrons. The molecule has 0 fully saturated rings. The molecule has 11 heteroatoms. The standard InChI is InChI=1S/C26H27N4O6P/c1-17(2)28(3)37(35-14-8-13-27)36-18(15-29-23(31)19-9-4-5-10-20(19)24(29)32)16-30-25(33)21-11-6-7-12-22(21)26(30)34/h4-7,9-12,17-18H,8,14-16H2,1-3H3. The van der Waals surface area contributed by atoms with Crippen molar-refractivity contribution >= 4 is 32.2 Å². The summed E-state index contributed by atoms with van der Waals surface area (Å²) in [7, 11) is 0.0522. The van der Waals surface area contributed by atoms with E-state index in [0.29, 0.717) is 22.3 Å². The van der Waals surface area contributed by atoms with Crippen molar-refractivity contribution in [2.45, 2.75) is 32.4 Å². The molecule has 0 bridgehead atoms. The second-order valence-corrected chi connectivity index (χ2v) is 10.5. The van der Waals surface area contributed by atoms with Crippen LogP contribution in [0.1, 0.15) is 61.7 Å². The van der Waals surface area contributed by atoms with Gasteiger partial charge in [0.2, 0.25) is 0 Å². The fourth-order valence-electron chi connectivity index (χ4n) is 4.02. The van der Waals surface area contributed by atoms with Crippen LogP contribution < -0.4 is 0 Å². The van der Waals surface area contributed by atoms with E-state index in [1.807, 2.05) is 24.6 Å². The molecule has 0 radical (unpaired) electrons. The highest BCUT2D eigenvalue weighted by atomic mass is 31.2. The van der Waals surface area contributed by atoms with Gasteiger partial charge in [-0.25, -0.2) is 4.67 Å². The number of amides is 4. The van der Waals surface area contributed by atoms with Gasteiger partial charge in [0.25, 0.3) is 32.2 Å². The number of rotatable bonds is 11. The first kappa shape index (κ1) is 26.6. The Balaban J connectivity index is 1.61. The molecule has 10 nitrogen and oxygen atoms in total. The maximum atomic E-state index is 13.1. The maximum absolute atomic E-state index is 13.1. The summed E-state index contributed by atoms with van der Waals surface area (Å²) in [5, 5.41) is 8.94. The molecule has 4 amide bonds. The largest absolute Gasteiger partial charge is 0.321 e. The van der Waals surface area contributed by atoms with Crippen molar-refractivity contribution in [2.24, 2.45) is 0 Å². The van der Waals surface area contributed by atoms with Gasteiger partial charge in [-0.05, 0) is 45.2 Å². The lowest BCUT2D eigenvalue weighted by atomic mass is 10.1. The van der Waals surface area contributed by atoms with Gasteiger partial charge in [0.05, 0.1) is 54.4 Å². The number of fused-ring (bicyclic) bond motifs is 2. The van der Waals surface area contributed by atoms with Crippen molar-refractivity contribution in [1.29, 1.82) is 5.26 Å². The number of carbonyl (C=O) groups is 4. The number of nitrogens with zero attached hydrogens (tertiary/aromatic N) is 4. The van der Waals surface area contributed by atoms with Crippen LogP contribution in [0.3, 0.4) is 0 Å². The SMILES string of the molecule is CC(C)N(C)P(OCCC#N)OC(CN1C(=O)c2ccccc2C1=O)CN1C(=O)c2ccccc2C1=O. The third-order valence-electron chi connectivity index (χ3n) is 6.19. The summed E-state index contributed by atoms with van der Waals surface area (Å²) in [5.41, 5.74) is 1.16. The molecule has 0 aromatic heterocycles. The zero-order valence-corrected chi connectivity index (χ0v) is 21.7. The van der Waals surface area contributed by atoms with Crippen LogP contribution in [0.25, 0.3) is 0 Å². The predicted molar refractivity (Wildman–Crippen MR) is 134 cm³/mol. The summed E-state index contributed by atoms with van der Waals surface area (Å²) >= 11 is 0. The van der Waals surface area contributed by atoms with E-state index >= 15 is 0 Å². The van der Waals surface area contributed by atoms with Gasteiger partial charge in [-0.15, -0.1) is 0 Å². The van der Waals surface area contributed by atoms with E-state index in [9.17, 15) is 19.2 Å². The van der Waals surface area contributed by atoms with Gasteiger partial charge in [0.1, 0.15) is 6.10 Å². The molecule has 2 aromatic carbocycles. The van der Waals surface area contributed by atoms with Crippen LogP contribution in [0.5, 0.6) is 0 Å². The van der Waals surface area contributed by atoms with E-state index in [2.05, 4.69) is 0 Å². The minimum absolute atomic E-state index is 0.00691. The quantitative estimate of drug-likeness (QED) is 0.250. The predicted octanol–water partition coefficient (Wildman–Crippen LogP) is 3.46. The summed E-state index contributed by atoms with van der Waals surface area (Å²) in [4.78, 5) is 54.4. The molecule has 1 unspecified atom stereocenters. The van der Waals surface area contributed by atoms with E-state index in [4.69, 9.17) is 14.3 Å². The minimum atomic E-state index is -1.74. The Morgan fingerprint density at radius 1 is 0.838 bits per heavy atom. The van der Waals surface area contributed by atoms with Crippen LogP contribution in [-0.4, -0.2) is 77.0 Å². The van der Waals surface area contributed by atoms with E-state index in [1.165, 1.54) is 0 Å². The Labute approximate surface area is 216 Å². The van der Waals surface area contributed by atoms with Gasteiger partial charge in [0.15, 0.2) is 0 Å². The lowest BCUT2D eigenvalue weighted by Crippen LogP contribution is -2.45. The van der Waals surface area contributed by atoms with Crippen molar-refractivity contribution in [2.75, 3.05) is 26.7 Å². The second kappa shape index (κ2) is 11.3. The van der Waals surface area contributed by atoms with Crippen LogP contribution >= 0.6 is 8.53 Å². The minimum Gasteiger partial charge on any atom is -0.321 e. The number of imide groups is 2. The number of carbonyl (C=O) groups excluding carboxylic acids is 4. The smallest absolute Gasteiger partial charge is 0.261 e. The molecule has 1 atom stereocenters. The Bertz CT molecular complexity index is 1130. The molecule has 2 heterocycles. The fraction of sp³-hybridized carbons (Fsp3) is 0.346. The normalized spacial score (nSPS) is 15.7. The first-order chi connectivity index (χ1) is 17.7. The molecule has 2 aromatic rings. The zero-order chi connectivity index (χ0) is 26.7. The van der Waals surface area contributed by atoms with Crippen molar-refractivity contribution < 1.29 is 28.2 Å². The van der Waals surface area contributed by atoms with Crippen molar-refractivity contribution in [3.05, 3.63) is 70.8 Å². The van der Waals surface area contributed by atoms with E-state index < -0.39 is 38.3 Å². The third kappa shape index (κ3) is 5.31. The van der Waals surface area contributed by atoms with Gasteiger partial charge < -0.3 is 9.05 Å². The summed E-state index contributed by atoms with van der Waals surface area (Å²) in [5.74, 6) is -1.88. The van der Waals surface area contributed by atoms with Crippen molar-refractivity contribution in [3.63, 3.8) is 0 Å². The number of hydrogen-bond donors (Lipinski definition) is 0. The highest BCUT2D eigenvalue weighted by molar-refractivity contribution is 7.44. The van der Waals surface area contributed by atoms with Crippen molar-refractivity contribution in [1.82, 2.24) is 14.5 Å². The lowest BCUT2D eigenvalue weighted by Gasteiger charge is -2.34. The van der Waals surface area contributed by atoms with Crippen LogP contribution in [0.2, 0.25) is 0 Å². The Morgan fingerprint density at radius 2 is 1.24 bits per heavy atom. The van der Waals surface area contributed by atoms with E-state index in [-0.39, 0.29) is 32.2 Å². The fourth-order valence-corrected chi connectivity index (χ4v) is 5.43. The lowest BCUT2D eigenvalue weighted by molar-refractivity contribution is 0.0440. The van der Waals surface area contributed by atoms with Crippen LogP contribution in [0.15, 0.2) is 48.5 Å². The molecule has 0 aliphatic carbocycles. The number of nitriles is 1. The average Bonchev–Trinajstić information content (AvgIpc) is 3.28.